The highest BCUT2D eigenvalue weighted by molar-refractivity contribution is 5.45. The molecule has 0 radical (unpaired) electrons. The van der Waals surface area contributed by atoms with Gasteiger partial charge >= 0.3 is 0 Å². The number of aryl methyl sites for hydroxylation is 2. The van der Waals surface area contributed by atoms with E-state index in [1.165, 1.54) is 0 Å². The fourth-order valence-electron chi connectivity index (χ4n) is 2.07. The summed E-state index contributed by atoms with van der Waals surface area (Å²) in [5.74, 6) is 0.704. The van der Waals surface area contributed by atoms with Crippen molar-refractivity contribution < 1.29 is 9.84 Å². The number of nitrogens with two attached hydrogens (primary N) is 2. The summed E-state index contributed by atoms with van der Waals surface area (Å²) >= 11 is 0. The average molecular weight is 238 g/mol. The Hall–Kier alpha value is -1.10. The maximum absolute atomic E-state index is 10.2. The number of ether oxygens (including phenoxy) is 1. The molecule has 0 saturated carbocycles. The lowest BCUT2D eigenvalue weighted by molar-refractivity contribution is 0.139. The smallest absolute Gasteiger partial charge is 0.127 e. The minimum Gasteiger partial charge on any atom is -0.496 e. The van der Waals surface area contributed by atoms with Gasteiger partial charge in [0.1, 0.15) is 5.75 Å². The first-order valence-corrected chi connectivity index (χ1v) is 5.80. The van der Waals surface area contributed by atoms with Crippen LogP contribution in [0, 0.1) is 13.8 Å². The van der Waals surface area contributed by atoms with E-state index in [1.54, 1.807) is 7.11 Å². The zero-order valence-electron chi connectivity index (χ0n) is 10.7. The van der Waals surface area contributed by atoms with Gasteiger partial charge in [-0.15, -0.1) is 0 Å². The van der Waals surface area contributed by atoms with Gasteiger partial charge in [-0.25, -0.2) is 0 Å². The molecule has 0 heterocycles. The van der Waals surface area contributed by atoms with Crippen LogP contribution in [0.15, 0.2) is 12.1 Å². The third-order valence-corrected chi connectivity index (χ3v) is 2.88. The molecule has 96 valence electrons. The number of rotatable bonds is 5. The van der Waals surface area contributed by atoms with E-state index in [-0.39, 0.29) is 6.04 Å². The largest absolute Gasteiger partial charge is 0.496 e. The Bertz CT molecular complexity index is 380. The van der Waals surface area contributed by atoms with E-state index in [0.717, 1.165) is 16.7 Å². The number of aliphatic hydroxyl groups is 1. The second-order valence-electron chi connectivity index (χ2n) is 4.39. The topological polar surface area (TPSA) is 81.5 Å². The van der Waals surface area contributed by atoms with Gasteiger partial charge in [0.25, 0.3) is 0 Å². The monoisotopic (exact) mass is 238 g/mol. The maximum atomic E-state index is 10.2. The first-order valence-electron chi connectivity index (χ1n) is 5.80. The van der Waals surface area contributed by atoms with Gasteiger partial charge in [-0.2, -0.15) is 0 Å². The molecule has 0 spiro atoms. The zero-order chi connectivity index (χ0) is 13.0. The Morgan fingerprint density at radius 3 is 2.53 bits per heavy atom. The maximum Gasteiger partial charge on any atom is 0.127 e. The van der Waals surface area contributed by atoms with Gasteiger partial charge in [-0.3, -0.25) is 0 Å². The van der Waals surface area contributed by atoms with E-state index in [2.05, 4.69) is 0 Å². The molecule has 0 aromatic heterocycles. The SMILES string of the molecule is COc1c(C)cc(C)cc1C(O)C(N)CCN. The molecule has 17 heavy (non-hydrogen) atoms. The normalized spacial score (nSPS) is 14.5. The van der Waals surface area contributed by atoms with Crippen LogP contribution in [0.1, 0.15) is 29.2 Å². The lowest BCUT2D eigenvalue weighted by Gasteiger charge is -2.22. The molecule has 1 rings (SSSR count). The van der Waals surface area contributed by atoms with Crippen LogP contribution in [-0.4, -0.2) is 24.8 Å². The Morgan fingerprint density at radius 1 is 1.35 bits per heavy atom. The summed E-state index contributed by atoms with van der Waals surface area (Å²) in [7, 11) is 1.60. The molecule has 0 aliphatic rings. The second kappa shape index (κ2) is 6.00. The fraction of sp³-hybridized carbons (Fsp3) is 0.538. The number of hydrogen-bond acceptors (Lipinski definition) is 4. The highest BCUT2D eigenvalue weighted by Crippen LogP contribution is 2.31. The van der Waals surface area contributed by atoms with Crippen molar-refractivity contribution in [2.45, 2.75) is 32.4 Å². The highest BCUT2D eigenvalue weighted by atomic mass is 16.5. The van der Waals surface area contributed by atoms with Gasteiger partial charge in [-0.05, 0) is 38.4 Å². The van der Waals surface area contributed by atoms with Crippen molar-refractivity contribution in [2.75, 3.05) is 13.7 Å². The van der Waals surface area contributed by atoms with Crippen molar-refractivity contribution in [3.05, 3.63) is 28.8 Å². The summed E-state index contributed by atoms with van der Waals surface area (Å²) < 4.78 is 5.33. The van der Waals surface area contributed by atoms with Crippen LogP contribution < -0.4 is 16.2 Å². The van der Waals surface area contributed by atoms with E-state index >= 15 is 0 Å². The highest BCUT2D eigenvalue weighted by Gasteiger charge is 2.21. The summed E-state index contributed by atoms with van der Waals surface area (Å²) in [5, 5.41) is 10.2. The van der Waals surface area contributed by atoms with Crippen LogP contribution in [0.5, 0.6) is 5.75 Å². The molecule has 1 aromatic carbocycles. The van der Waals surface area contributed by atoms with Gasteiger partial charge in [0.15, 0.2) is 0 Å². The Kier molecular flexibility index (Phi) is 4.93. The molecule has 4 nitrogen and oxygen atoms in total. The Labute approximate surface area is 103 Å². The van der Waals surface area contributed by atoms with Crippen molar-refractivity contribution in [3.8, 4) is 5.75 Å². The third kappa shape index (κ3) is 3.19. The number of aliphatic hydroxyl groups excluding tert-OH is 1. The predicted octanol–water partition coefficient (Wildman–Crippen LogP) is 1.02. The molecule has 0 aliphatic carbocycles. The van der Waals surface area contributed by atoms with E-state index in [9.17, 15) is 5.11 Å². The summed E-state index contributed by atoms with van der Waals surface area (Å²) in [5.41, 5.74) is 14.2. The van der Waals surface area contributed by atoms with Crippen LogP contribution in [0.2, 0.25) is 0 Å². The van der Waals surface area contributed by atoms with E-state index < -0.39 is 6.10 Å². The van der Waals surface area contributed by atoms with Crippen molar-refractivity contribution in [3.63, 3.8) is 0 Å². The molecule has 0 aliphatic heterocycles. The molecule has 0 bridgehead atoms. The molecule has 2 unspecified atom stereocenters. The zero-order valence-corrected chi connectivity index (χ0v) is 10.7. The second-order valence-corrected chi connectivity index (χ2v) is 4.39. The molecule has 1 aromatic rings. The summed E-state index contributed by atoms with van der Waals surface area (Å²) in [6, 6.07) is 3.56. The van der Waals surface area contributed by atoms with Crippen LogP contribution in [0.25, 0.3) is 0 Å². The summed E-state index contributed by atoms with van der Waals surface area (Å²) in [6.45, 7) is 4.40. The average Bonchev–Trinajstić information content (AvgIpc) is 2.27. The van der Waals surface area contributed by atoms with Crippen LogP contribution in [0.3, 0.4) is 0 Å². The molecular weight excluding hydrogens is 216 g/mol. The quantitative estimate of drug-likeness (QED) is 0.715. The molecule has 5 N–H and O–H groups in total. The first-order chi connectivity index (χ1) is 8.01. The molecule has 0 saturated heterocycles. The molecule has 0 amide bonds. The first kappa shape index (κ1) is 14.0. The number of methoxy groups -OCH3 is 1. The molecule has 2 atom stereocenters. The summed E-state index contributed by atoms with van der Waals surface area (Å²) in [6.07, 6.45) is -0.163. The third-order valence-electron chi connectivity index (χ3n) is 2.88. The number of hydrogen-bond donors (Lipinski definition) is 3. The Balaban J connectivity index is 3.11. The minimum atomic E-state index is -0.743. The van der Waals surface area contributed by atoms with Gasteiger partial charge in [0.05, 0.1) is 13.2 Å². The van der Waals surface area contributed by atoms with Gasteiger partial charge in [0.2, 0.25) is 0 Å². The van der Waals surface area contributed by atoms with Crippen molar-refractivity contribution in [2.24, 2.45) is 11.5 Å². The van der Waals surface area contributed by atoms with E-state index in [0.29, 0.717) is 18.7 Å². The van der Waals surface area contributed by atoms with Gasteiger partial charge < -0.3 is 21.3 Å². The van der Waals surface area contributed by atoms with Crippen molar-refractivity contribution in [1.82, 2.24) is 0 Å². The molecule has 0 fully saturated rings. The summed E-state index contributed by atoms with van der Waals surface area (Å²) in [4.78, 5) is 0. The molecule has 4 heteroatoms. The lowest BCUT2D eigenvalue weighted by Crippen LogP contribution is -2.31. The van der Waals surface area contributed by atoms with Crippen LogP contribution in [0.4, 0.5) is 0 Å². The van der Waals surface area contributed by atoms with E-state index in [1.807, 2.05) is 26.0 Å². The van der Waals surface area contributed by atoms with Crippen molar-refractivity contribution >= 4 is 0 Å². The standard InChI is InChI=1S/C13H22N2O2/c1-8-6-9(2)13(17-3)10(7-8)12(16)11(15)4-5-14/h6-7,11-12,16H,4-5,14-15H2,1-3H3. The van der Waals surface area contributed by atoms with Gasteiger partial charge in [-0.1, -0.05) is 11.6 Å². The lowest BCUT2D eigenvalue weighted by atomic mass is 9.96. The Morgan fingerprint density at radius 2 is 2.00 bits per heavy atom. The van der Waals surface area contributed by atoms with E-state index in [4.69, 9.17) is 16.2 Å². The fourth-order valence-corrected chi connectivity index (χ4v) is 2.07. The van der Waals surface area contributed by atoms with Crippen LogP contribution in [-0.2, 0) is 0 Å². The predicted molar refractivity (Wildman–Crippen MR) is 69.1 cm³/mol. The van der Waals surface area contributed by atoms with Crippen LogP contribution >= 0.6 is 0 Å². The minimum absolute atomic E-state index is 0.366. The number of benzene rings is 1. The molecular formula is C13H22N2O2. The van der Waals surface area contributed by atoms with Gasteiger partial charge in [0, 0.05) is 11.6 Å². The van der Waals surface area contributed by atoms with Crippen molar-refractivity contribution in [1.29, 1.82) is 0 Å².